The van der Waals surface area contributed by atoms with Crippen LogP contribution in [0.4, 0.5) is 0 Å². The summed E-state index contributed by atoms with van der Waals surface area (Å²) >= 11 is 0. The quantitative estimate of drug-likeness (QED) is 0.810. The molecule has 1 heterocycles. The van der Waals surface area contributed by atoms with E-state index in [1.807, 2.05) is 24.3 Å². The van der Waals surface area contributed by atoms with Crippen LogP contribution >= 0.6 is 0 Å². The molecular formula is C13H18N2O2. The van der Waals surface area contributed by atoms with Crippen molar-refractivity contribution in [3.63, 3.8) is 0 Å². The molecule has 17 heavy (non-hydrogen) atoms. The largest absolute Gasteiger partial charge is 0.481 e. The van der Waals surface area contributed by atoms with Crippen molar-refractivity contribution in [3.8, 4) is 0 Å². The van der Waals surface area contributed by atoms with Gasteiger partial charge in [-0.15, -0.1) is 0 Å². The molecule has 1 aliphatic rings. The number of likely N-dealkylation sites (tertiary alicyclic amines) is 1. The fourth-order valence-electron chi connectivity index (χ4n) is 2.29. The third kappa shape index (κ3) is 2.48. The molecule has 4 nitrogen and oxygen atoms in total. The van der Waals surface area contributed by atoms with Crippen molar-refractivity contribution in [2.24, 2.45) is 5.73 Å². The van der Waals surface area contributed by atoms with E-state index in [1.54, 1.807) is 0 Å². The van der Waals surface area contributed by atoms with Crippen LogP contribution < -0.4 is 5.73 Å². The number of benzene rings is 1. The minimum Gasteiger partial charge on any atom is -0.481 e. The number of nitrogens with zero attached hydrogens (tertiary/aromatic N) is 1. The van der Waals surface area contributed by atoms with E-state index in [2.05, 4.69) is 11.9 Å². The maximum absolute atomic E-state index is 11.0. The Hall–Kier alpha value is -1.39. The van der Waals surface area contributed by atoms with Gasteiger partial charge in [0.05, 0.1) is 5.92 Å². The number of aliphatic carboxylic acids is 1. The van der Waals surface area contributed by atoms with E-state index in [0.717, 1.165) is 18.7 Å². The second-order valence-corrected chi connectivity index (χ2v) is 4.71. The van der Waals surface area contributed by atoms with Crippen molar-refractivity contribution in [3.05, 3.63) is 35.4 Å². The number of hydrogen-bond acceptors (Lipinski definition) is 3. The maximum Gasteiger partial charge on any atom is 0.312 e. The van der Waals surface area contributed by atoms with Crippen molar-refractivity contribution in [2.75, 3.05) is 26.7 Å². The molecule has 1 aromatic carbocycles. The summed E-state index contributed by atoms with van der Waals surface area (Å²) < 4.78 is 0. The fraction of sp³-hybridized carbons (Fsp3) is 0.462. The molecule has 1 unspecified atom stereocenters. The normalized spacial score (nSPS) is 18.7. The number of carboxylic acid groups (broad SMARTS) is 1. The predicted molar refractivity (Wildman–Crippen MR) is 66.1 cm³/mol. The highest BCUT2D eigenvalue weighted by Gasteiger charge is 2.25. The molecule has 0 bridgehead atoms. The van der Waals surface area contributed by atoms with Crippen LogP contribution in [0, 0.1) is 0 Å². The highest BCUT2D eigenvalue weighted by atomic mass is 16.4. The molecule has 4 heteroatoms. The Morgan fingerprint density at radius 2 is 2.06 bits per heavy atom. The van der Waals surface area contributed by atoms with Crippen LogP contribution in [-0.2, 0) is 4.79 Å². The van der Waals surface area contributed by atoms with Gasteiger partial charge in [0.25, 0.3) is 0 Å². The molecule has 0 radical (unpaired) electrons. The second-order valence-electron chi connectivity index (χ2n) is 4.71. The number of carbonyl (C=O) groups is 1. The van der Waals surface area contributed by atoms with E-state index in [0.29, 0.717) is 5.92 Å². The lowest BCUT2D eigenvalue weighted by Crippen LogP contribution is -2.41. The minimum atomic E-state index is -0.858. The highest BCUT2D eigenvalue weighted by Crippen LogP contribution is 2.26. The van der Waals surface area contributed by atoms with E-state index in [-0.39, 0.29) is 6.54 Å². The van der Waals surface area contributed by atoms with Gasteiger partial charge < -0.3 is 15.7 Å². The van der Waals surface area contributed by atoms with Crippen LogP contribution in [0.1, 0.15) is 23.0 Å². The maximum atomic E-state index is 11.0. The number of carboxylic acids is 1. The first-order chi connectivity index (χ1) is 8.11. The minimum absolute atomic E-state index is 0.140. The van der Waals surface area contributed by atoms with Gasteiger partial charge in [-0.1, -0.05) is 24.3 Å². The lowest BCUT2D eigenvalue weighted by molar-refractivity contribution is -0.138. The molecule has 0 aliphatic carbocycles. The number of nitrogens with two attached hydrogens (primary N) is 1. The van der Waals surface area contributed by atoms with Crippen molar-refractivity contribution in [2.45, 2.75) is 11.8 Å². The van der Waals surface area contributed by atoms with E-state index >= 15 is 0 Å². The highest BCUT2D eigenvalue weighted by molar-refractivity contribution is 5.76. The van der Waals surface area contributed by atoms with Gasteiger partial charge in [0.1, 0.15) is 0 Å². The van der Waals surface area contributed by atoms with E-state index < -0.39 is 11.9 Å². The number of likely N-dealkylation sites (N-methyl/N-ethyl adjacent to an activating group) is 1. The monoisotopic (exact) mass is 234 g/mol. The Labute approximate surface area is 101 Å². The summed E-state index contributed by atoms with van der Waals surface area (Å²) in [6, 6.07) is 7.83. The Bertz CT molecular complexity index is 396. The Morgan fingerprint density at radius 1 is 1.47 bits per heavy atom. The topological polar surface area (TPSA) is 66.6 Å². The molecule has 0 aromatic heterocycles. The molecular weight excluding hydrogens is 216 g/mol. The average molecular weight is 234 g/mol. The molecule has 1 aromatic rings. The molecule has 1 atom stereocenters. The van der Waals surface area contributed by atoms with Gasteiger partial charge in [-0.25, -0.2) is 0 Å². The lowest BCUT2D eigenvalue weighted by Gasteiger charge is -2.36. The predicted octanol–water partition coefficient (Wildman–Crippen LogP) is 0.842. The van der Waals surface area contributed by atoms with Crippen molar-refractivity contribution >= 4 is 5.97 Å². The summed E-state index contributed by atoms with van der Waals surface area (Å²) in [7, 11) is 2.10. The van der Waals surface area contributed by atoms with Crippen LogP contribution in [0.25, 0.3) is 0 Å². The van der Waals surface area contributed by atoms with Gasteiger partial charge in [0.2, 0.25) is 0 Å². The van der Waals surface area contributed by atoms with Crippen LogP contribution in [0.15, 0.2) is 24.3 Å². The van der Waals surface area contributed by atoms with Crippen LogP contribution in [0.5, 0.6) is 0 Å². The Balaban J connectivity index is 2.09. The number of rotatable bonds is 4. The van der Waals surface area contributed by atoms with Gasteiger partial charge in [-0.3, -0.25) is 4.79 Å². The first-order valence-electron chi connectivity index (χ1n) is 5.83. The molecule has 0 spiro atoms. The van der Waals surface area contributed by atoms with Crippen LogP contribution in [0.2, 0.25) is 0 Å². The Kier molecular flexibility index (Phi) is 3.45. The fourth-order valence-corrected chi connectivity index (χ4v) is 2.29. The summed E-state index contributed by atoms with van der Waals surface area (Å²) in [5.74, 6) is -0.855. The zero-order valence-corrected chi connectivity index (χ0v) is 9.97. The van der Waals surface area contributed by atoms with E-state index in [1.165, 1.54) is 5.56 Å². The third-order valence-electron chi connectivity index (χ3n) is 3.41. The molecule has 3 N–H and O–H groups in total. The molecule has 0 amide bonds. The average Bonchev–Trinajstić information content (AvgIpc) is 2.26. The van der Waals surface area contributed by atoms with Crippen LogP contribution in [-0.4, -0.2) is 42.7 Å². The number of hydrogen-bond donors (Lipinski definition) is 2. The lowest BCUT2D eigenvalue weighted by atomic mass is 9.89. The molecule has 1 saturated heterocycles. The third-order valence-corrected chi connectivity index (χ3v) is 3.41. The van der Waals surface area contributed by atoms with Gasteiger partial charge in [0, 0.05) is 25.6 Å². The molecule has 2 rings (SSSR count). The van der Waals surface area contributed by atoms with E-state index in [9.17, 15) is 4.79 Å². The summed E-state index contributed by atoms with van der Waals surface area (Å²) in [6.07, 6.45) is 0. The van der Waals surface area contributed by atoms with E-state index in [4.69, 9.17) is 10.8 Å². The van der Waals surface area contributed by atoms with Gasteiger partial charge in [0.15, 0.2) is 0 Å². The molecule has 92 valence electrons. The SMILES string of the molecule is CN1CC(c2ccc(C(CN)C(=O)O)cc2)C1. The van der Waals surface area contributed by atoms with Gasteiger partial charge in [-0.2, -0.15) is 0 Å². The molecule has 1 fully saturated rings. The van der Waals surface area contributed by atoms with Crippen molar-refractivity contribution in [1.29, 1.82) is 0 Å². The van der Waals surface area contributed by atoms with Gasteiger partial charge in [-0.05, 0) is 18.2 Å². The Morgan fingerprint density at radius 3 is 2.47 bits per heavy atom. The first kappa shape index (κ1) is 12.1. The smallest absolute Gasteiger partial charge is 0.312 e. The summed E-state index contributed by atoms with van der Waals surface area (Å²) in [5, 5.41) is 9.01. The van der Waals surface area contributed by atoms with Crippen molar-refractivity contribution in [1.82, 2.24) is 4.90 Å². The van der Waals surface area contributed by atoms with Crippen molar-refractivity contribution < 1.29 is 9.90 Å². The first-order valence-corrected chi connectivity index (χ1v) is 5.83. The molecule has 1 aliphatic heterocycles. The second kappa shape index (κ2) is 4.85. The summed E-state index contributed by atoms with van der Waals surface area (Å²) in [4.78, 5) is 13.2. The van der Waals surface area contributed by atoms with Crippen LogP contribution in [0.3, 0.4) is 0 Å². The summed E-state index contributed by atoms with van der Waals surface area (Å²) in [6.45, 7) is 2.30. The zero-order chi connectivity index (χ0) is 12.4. The standard InChI is InChI=1S/C13H18N2O2/c1-15-7-11(8-15)9-2-4-10(5-3-9)12(6-14)13(16)17/h2-5,11-12H,6-8,14H2,1H3,(H,16,17). The summed E-state index contributed by atoms with van der Waals surface area (Å²) in [5.41, 5.74) is 7.55. The van der Waals surface area contributed by atoms with Gasteiger partial charge >= 0.3 is 5.97 Å². The molecule has 0 saturated carbocycles. The zero-order valence-electron chi connectivity index (χ0n) is 9.97.